The minimum absolute atomic E-state index is 0.808. The first kappa shape index (κ1) is 16.8. The summed E-state index contributed by atoms with van der Waals surface area (Å²) >= 11 is 0. The molecule has 0 amide bonds. The van der Waals surface area contributed by atoms with Crippen LogP contribution >= 0.6 is 0 Å². The molecule has 0 atom stereocenters. The third-order valence-electron chi connectivity index (χ3n) is 4.36. The number of piperidine rings is 1. The van der Waals surface area contributed by atoms with Gasteiger partial charge in [-0.15, -0.1) is 0 Å². The van der Waals surface area contributed by atoms with Gasteiger partial charge in [0, 0.05) is 26.7 Å². The van der Waals surface area contributed by atoms with E-state index in [4.69, 9.17) is 0 Å². The Morgan fingerprint density at radius 2 is 2.05 bits per heavy atom. The molecule has 0 radical (unpaired) electrons. The van der Waals surface area contributed by atoms with Gasteiger partial charge < -0.3 is 15.5 Å². The number of nitrogens with one attached hydrogen (secondary N) is 2. The Morgan fingerprint density at radius 3 is 2.73 bits per heavy atom. The second-order valence-corrected chi connectivity index (χ2v) is 6.37. The summed E-state index contributed by atoms with van der Waals surface area (Å²) in [5.74, 6) is 1.78. The molecule has 1 fully saturated rings. The van der Waals surface area contributed by atoms with E-state index in [9.17, 15) is 0 Å². The van der Waals surface area contributed by atoms with Crippen molar-refractivity contribution in [1.82, 2.24) is 15.5 Å². The predicted molar refractivity (Wildman–Crippen MR) is 94.2 cm³/mol. The lowest BCUT2D eigenvalue weighted by atomic mass is 9.99. The standard InChI is InChI=1S/C18H30N4/c1-15-7-10-22(11-8-15)12-9-20-18(19-3)21-14-17-6-4-5-16(2)13-17/h4-6,13,15H,7-12,14H2,1-3H3,(H2,19,20,21). The number of likely N-dealkylation sites (tertiary alicyclic amines) is 1. The van der Waals surface area contributed by atoms with E-state index in [0.717, 1.165) is 31.5 Å². The van der Waals surface area contributed by atoms with E-state index in [-0.39, 0.29) is 0 Å². The van der Waals surface area contributed by atoms with E-state index in [1.165, 1.54) is 37.1 Å². The van der Waals surface area contributed by atoms with E-state index < -0.39 is 0 Å². The smallest absolute Gasteiger partial charge is 0.191 e. The van der Waals surface area contributed by atoms with Gasteiger partial charge in [-0.1, -0.05) is 36.8 Å². The van der Waals surface area contributed by atoms with E-state index in [0.29, 0.717) is 0 Å². The number of hydrogen-bond acceptors (Lipinski definition) is 2. The minimum Gasteiger partial charge on any atom is -0.355 e. The van der Waals surface area contributed by atoms with Crippen LogP contribution in [-0.2, 0) is 6.54 Å². The van der Waals surface area contributed by atoms with Crippen molar-refractivity contribution in [2.45, 2.75) is 33.2 Å². The van der Waals surface area contributed by atoms with Crippen molar-refractivity contribution in [2.75, 3.05) is 33.2 Å². The number of hydrogen-bond donors (Lipinski definition) is 2. The normalized spacial score (nSPS) is 17.5. The van der Waals surface area contributed by atoms with Crippen LogP contribution in [0, 0.1) is 12.8 Å². The van der Waals surface area contributed by atoms with Crippen molar-refractivity contribution in [3.05, 3.63) is 35.4 Å². The molecule has 1 aromatic carbocycles. The first-order valence-electron chi connectivity index (χ1n) is 8.40. The Balaban J connectivity index is 1.67. The fraction of sp³-hybridized carbons (Fsp3) is 0.611. The lowest BCUT2D eigenvalue weighted by Crippen LogP contribution is -2.43. The number of aliphatic imine (C=N–C) groups is 1. The number of benzene rings is 1. The van der Waals surface area contributed by atoms with Gasteiger partial charge in [0.1, 0.15) is 0 Å². The number of guanidine groups is 1. The molecule has 122 valence electrons. The molecule has 2 rings (SSSR count). The molecule has 0 aliphatic carbocycles. The van der Waals surface area contributed by atoms with Crippen LogP contribution in [0.4, 0.5) is 0 Å². The van der Waals surface area contributed by atoms with Gasteiger partial charge in [-0.3, -0.25) is 4.99 Å². The molecule has 0 spiro atoms. The van der Waals surface area contributed by atoms with Crippen LogP contribution in [0.15, 0.2) is 29.3 Å². The molecule has 1 saturated heterocycles. The van der Waals surface area contributed by atoms with E-state index in [1.807, 2.05) is 7.05 Å². The van der Waals surface area contributed by atoms with Gasteiger partial charge in [0.05, 0.1) is 0 Å². The second-order valence-electron chi connectivity index (χ2n) is 6.37. The van der Waals surface area contributed by atoms with Gasteiger partial charge in [-0.05, 0) is 44.3 Å². The summed E-state index contributed by atoms with van der Waals surface area (Å²) in [5.41, 5.74) is 2.58. The van der Waals surface area contributed by atoms with Gasteiger partial charge in [0.2, 0.25) is 0 Å². The summed E-state index contributed by atoms with van der Waals surface area (Å²) in [6.07, 6.45) is 2.67. The third-order valence-corrected chi connectivity index (χ3v) is 4.36. The Labute approximate surface area is 135 Å². The highest BCUT2D eigenvalue weighted by atomic mass is 15.2. The molecule has 0 aromatic heterocycles. The van der Waals surface area contributed by atoms with E-state index >= 15 is 0 Å². The van der Waals surface area contributed by atoms with Gasteiger partial charge >= 0.3 is 0 Å². The molecular formula is C18H30N4. The fourth-order valence-electron chi connectivity index (χ4n) is 2.85. The summed E-state index contributed by atoms with van der Waals surface area (Å²) in [4.78, 5) is 6.84. The molecule has 0 saturated carbocycles. The van der Waals surface area contributed by atoms with E-state index in [2.05, 4.69) is 58.6 Å². The zero-order valence-electron chi connectivity index (χ0n) is 14.2. The van der Waals surface area contributed by atoms with Gasteiger partial charge in [0.15, 0.2) is 5.96 Å². The number of nitrogens with zero attached hydrogens (tertiary/aromatic N) is 2. The third kappa shape index (κ3) is 5.68. The van der Waals surface area contributed by atoms with Gasteiger partial charge in [-0.2, -0.15) is 0 Å². The largest absolute Gasteiger partial charge is 0.355 e. The maximum atomic E-state index is 4.30. The van der Waals surface area contributed by atoms with E-state index in [1.54, 1.807) is 0 Å². The van der Waals surface area contributed by atoms with Crippen LogP contribution in [0.2, 0.25) is 0 Å². The zero-order valence-corrected chi connectivity index (χ0v) is 14.2. The average Bonchev–Trinajstić information content (AvgIpc) is 2.52. The molecular weight excluding hydrogens is 272 g/mol. The van der Waals surface area contributed by atoms with Crippen molar-refractivity contribution >= 4 is 5.96 Å². The second kappa shape index (κ2) is 8.79. The van der Waals surface area contributed by atoms with Crippen LogP contribution in [0.3, 0.4) is 0 Å². The number of rotatable bonds is 5. The summed E-state index contributed by atoms with van der Waals surface area (Å²) in [7, 11) is 1.83. The lowest BCUT2D eigenvalue weighted by molar-refractivity contribution is 0.195. The first-order chi connectivity index (χ1) is 10.7. The topological polar surface area (TPSA) is 39.7 Å². The number of aryl methyl sites for hydroxylation is 1. The average molecular weight is 302 g/mol. The maximum Gasteiger partial charge on any atom is 0.191 e. The molecule has 1 aromatic rings. The highest BCUT2D eigenvalue weighted by Crippen LogP contribution is 2.15. The van der Waals surface area contributed by atoms with Crippen molar-refractivity contribution in [2.24, 2.45) is 10.9 Å². The molecule has 2 N–H and O–H groups in total. The molecule has 0 bridgehead atoms. The molecule has 22 heavy (non-hydrogen) atoms. The molecule has 1 aliphatic rings. The molecule has 0 unspecified atom stereocenters. The SMILES string of the molecule is CN=C(NCCN1CCC(C)CC1)NCc1cccc(C)c1. The first-order valence-corrected chi connectivity index (χ1v) is 8.40. The Kier molecular flexibility index (Phi) is 6.72. The Morgan fingerprint density at radius 1 is 1.27 bits per heavy atom. The van der Waals surface area contributed by atoms with Crippen molar-refractivity contribution in [1.29, 1.82) is 0 Å². The van der Waals surface area contributed by atoms with Crippen molar-refractivity contribution in [3.63, 3.8) is 0 Å². The minimum atomic E-state index is 0.808. The monoisotopic (exact) mass is 302 g/mol. The predicted octanol–water partition coefficient (Wildman–Crippen LogP) is 2.39. The van der Waals surface area contributed by atoms with Crippen molar-refractivity contribution < 1.29 is 0 Å². The van der Waals surface area contributed by atoms with Crippen LogP contribution in [0.25, 0.3) is 0 Å². The van der Waals surface area contributed by atoms with Gasteiger partial charge in [-0.25, -0.2) is 0 Å². The van der Waals surface area contributed by atoms with Crippen LogP contribution < -0.4 is 10.6 Å². The lowest BCUT2D eigenvalue weighted by Gasteiger charge is -2.30. The fourth-order valence-corrected chi connectivity index (χ4v) is 2.85. The Bertz CT molecular complexity index is 476. The summed E-state index contributed by atoms with van der Waals surface area (Å²) in [6, 6.07) is 8.56. The van der Waals surface area contributed by atoms with Crippen LogP contribution in [0.1, 0.15) is 30.9 Å². The van der Waals surface area contributed by atoms with Crippen LogP contribution in [-0.4, -0.2) is 44.1 Å². The quantitative estimate of drug-likeness (QED) is 0.648. The molecule has 1 heterocycles. The van der Waals surface area contributed by atoms with Gasteiger partial charge in [0.25, 0.3) is 0 Å². The molecule has 4 nitrogen and oxygen atoms in total. The summed E-state index contributed by atoms with van der Waals surface area (Å²) in [6.45, 7) is 9.79. The molecule has 4 heteroatoms. The summed E-state index contributed by atoms with van der Waals surface area (Å²) < 4.78 is 0. The van der Waals surface area contributed by atoms with Crippen LogP contribution in [0.5, 0.6) is 0 Å². The maximum absolute atomic E-state index is 4.30. The zero-order chi connectivity index (χ0) is 15.8. The highest BCUT2D eigenvalue weighted by Gasteiger charge is 2.14. The summed E-state index contributed by atoms with van der Waals surface area (Å²) in [5, 5.41) is 6.79. The highest BCUT2D eigenvalue weighted by molar-refractivity contribution is 5.79. The molecule has 1 aliphatic heterocycles. The van der Waals surface area contributed by atoms with Crippen molar-refractivity contribution in [3.8, 4) is 0 Å². The Hall–Kier alpha value is -1.55.